The molecule has 1 heterocycles. The molecule has 1 aliphatic heterocycles. The van der Waals surface area contributed by atoms with Crippen molar-refractivity contribution in [2.75, 3.05) is 0 Å². The number of carboxylic acids is 1. The quantitative estimate of drug-likeness (QED) is 0.914. The summed E-state index contributed by atoms with van der Waals surface area (Å²) in [5.41, 5.74) is 0.537. The number of hydrogen-bond acceptors (Lipinski definition) is 4. The molecule has 1 unspecified atom stereocenters. The number of benzene rings is 2. The fraction of sp³-hybridized carbons (Fsp3) is 0.0667. The number of amidine groups is 1. The summed E-state index contributed by atoms with van der Waals surface area (Å²) in [6.45, 7) is 0. The van der Waals surface area contributed by atoms with Crippen LogP contribution in [0.25, 0.3) is 0 Å². The number of halogens is 2. The lowest BCUT2D eigenvalue weighted by Gasteiger charge is -2.11. The maximum atomic E-state index is 13.7. The Hall–Kier alpha value is -2.96. The lowest BCUT2D eigenvalue weighted by Crippen LogP contribution is -2.24. The lowest BCUT2D eigenvalue weighted by atomic mass is 10.1. The first-order chi connectivity index (χ1) is 10.5. The Labute approximate surface area is 123 Å². The van der Waals surface area contributed by atoms with Crippen LogP contribution < -0.4 is 5.32 Å². The Balaban J connectivity index is 1.84. The van der Waals surface area contributed by atoms with E-state index < -0.39 is 23.8 Å². The van der Waals surface area contributed by atoms with Crippen molar-refractivity contribution in [3.63, 3.8) is 0 Å². The highest BCUT2D eigenvalue weighted by atomic mass is 19.1. The van der Waals surface area contributed by atoms with E-state index in [1.54, 1.807) is 12.1 Å². The third-order valence-electron chi connectivity index (χ3n) is 3.14. The van der Waals surface area contributed by atoms with Crippen molar-refractivity contribution in [1.29, 1.82) is 0 Å². The normalized spacial score (nSPS) is 16.6. The van der Waals surface area contributed by atoms with Gasteiger partial charge in [0.25, 0.3) is 0 Å². The summed E-state index contributed by atoms with van der Waals surface area (Å²) in [5.74, 6) is -2.05. The van der Waals surface area contributed by atoms with Crippen LogP contribution in [-0.4, -0.2) is 16.9 Å². The maximum absolute atomic E-state index is 13.7. The van der Waals surface area contributed by atoms with E-state index in [1.807, 2.05) is 0 Å². The van der Waals surface area contributed by atoms with Crippen molar-refractivity contribution < 1.29 is 23.5 Å². The van der Waals surface area contributed by atoms with Gasteiger partial charge in [-0.25, -0.2) is 13.6 Å². The van der Waals surface area contributed by atoms with E-state index in [2.05, 4.69) is 10.5 Å². The van der Waals surface area contributed by atoms with Gasteiger partial charge < -0.3 is 15.3 Å². The van der Waals surface area contributed by atoms with Gasteiger partial charge in [0.05, 0.1) is 11.1 Å². The molecule has 0 amide bonds. The van der Waals surface area contributed by atoms with Crippen LogP contribution in [-0.2, 0) is 4.84 Å². The van der Waals surface area contributed by atoms with E-state index in [-0.39, 0.29) is 17.0 Å². The summed E-state index contributed by atoms with van der Waals surface area (Å²) in [5, 5.41) is 15.5. The second-order valence-electron chi connectivity index (χ2n) is 4.62. The van der Waals surface area contributed by atoms with Crippen LogP contribution in [0.4, 0.5) is 8.78 Å². The SMILES string of the molecule is O=C(O)c1cccc(C2=NOC(c3cc(F)ccc3F)N2)c1. The van der Waals surface area contributed by atoms with E-state index in [0.717, 1.165) is 18.2 Å². The first-order valence-corrected chi connectivity index (χ1v) is 6.33. The van der Waals surface area contributed by atoms with Crippen molar-refractivity contribution in [2.45, 2.75) is 6.23 Å². The van der Waals surface area contributed by atoms with Gasteiger partial charge in [0.1, 0.15) is 11.6 Å². The van der Waals surface area contributed by atoms with Crippen LogP contribution in [0.5, 0.6) is 0 Å². The summed E-state index contributed by atoms with van der Waals surface area (Å²) in [7, 11) is 0. The molecule has 0 fully saturated rings. The minimum absolute atomic E-state index is 0.0202. The molecule has 0 saturated carbocycles. The third kappa shape index (κ3) is 2.60. The molecular formula is C15H10F2N2O3. The van der Waals surface area contributed by atoms with Gasteiger partial charge in [-0.2, -0.15) is 0 Å². The molecule has 2 N–H and O–H groups in total. The maximum Gasteiger partial charge on any atom is 0.335 e. The van der Waals surface area contributed by atoms with Crippen molar-refractivity contribution in [3.8, 4) is 0 Å². The fourth-order valence-corrected chi connectivity index (χ4v) is 2.07. The fourth-order valence-electron chi connectivity index (χ4n) is 2.07. The standard InChI is InChI=1S/C15H10F2N2O3/c16-10-4-5-12(17)11(7-10)14-18-13(19-22-14)8-2-1-3-9(6-8)15(20)21/h1-7,14H,(H,18,19)(H,20,21). The van der Waals surface area contributed by atoms with Gasteiger partial charge in [-0.3, -0.25) is 0 Å². The molecule has 3 rings (SSSR count). The van der Waals surface area contributed by atoms with E-state index in [1.165, 1.54) is 12.1 Å². The second kappa shape index (κ2) is 5.44. The number of carboxylic acid groups (broad SMARTS) is 1. The largest absolute Gasteiger partial charge is 0.478 e. The Morgan fingerprint density at radius 1 is 1.23 bits per heavy atom. The van der Waals surface area contributed by atoms with Crippen molar-refractivity contribution >= 4 is 11.8 Å². The van der Waals surface area contributed by atoms with Gasteiger partial charge in [-0.05, 0) is 30.3 Å². The number of aromatic carboxylic acids is 1. The van der Waals surface area contributed by atoms with Gasteiger partial charge >= 0.3 is 5.97 Å². The van der Waals surface area contributed by atoms with Crippen LogP contribution in [0.15, 0.2) is 47.6 Å². The molecule has 0 saturated heterocycles. The number of rotatable bonds is 3. The molecule has 1 atom stereocenters. The summed E-state index contributed by atoms with van der Waals surface area (Å²) >= 11 is 0. The summed E-state index contributed by atoms with van der Waals surface area (Å²) in [6.07, 6.45) is -0.973. The van der Waals surface area contributed by atoms with Gasteiger partial charge in [0.2, 0.25) is 6.23 Å². The van der Waals surface area contributed by atoms with E-state index in [4.69, 9.17) is 9.94 Å². The predicted octanol–water partition coefficient (Wildman–Crippen LogP) is 2.64. The molecule has 5 nitrogen and oxygen atoms in total. The minimum atomic E-state index is -1.07. The predicted molar refractivity (Wildman–Crippen MR) is 73.3 cm³/mol. The van der Waals surface area contributed by atoms with E-state index in [9.17, 15) is 13.6 Å². The Morgan fingerprint density at radius 3 is 2.82 bits per heavy atom. The zero-order valence-corrected chi connectivity index (χ0v) is 11.1. The number of nitrogens with zero attached hydrogens (tertiary/aromatic N) is 1. The Bertz CT molecular complexity index is 777. The second-order valence-corrected chi connectivity index (χ2v) is 4.62. The van der Waals surface area contributed by atoms with Crippen LogP contribution in [0, 0.1) is 11.6 Å². The topological polar surface area (TPSA) is 70.9 Å². The highest BCUT2D eigenvalue weighted by Crippen LogP contribution is 2.24. The average Bonchev–Trinajstić information content (AvgIpc) is 2.99. The summed E-state index contributed by atoms with van der Waals surface area (Å²) < 4.78 is 26.9. The lowest BCUT2D eigenvalue weighted by molar-refractivity contribution is 0.0694. The molecule has 0 aromatic heterocycles. The van der Waals surface area contributed by atoms with E-state index >= 15 is 0 Å². The minimum Gasteiger partial charge on any atom is -0.478 e. The molecule has 112 valence electrons. The van der Waals surface area contributed by atoms with Crippen molar-refractivity contribution in [3.05, 3.63) is 70.8 Å². The molecule has 0 spiro atoms. The molecule has 2 aromatic carbocycles. The number of nitrogens with one attached hydrogen (secondary N) is 1. The number of oxime groups is 1. The summed E-state index contributed by atoms with van der Waals surface area (Å²) in [6, 6.07) is 9.04. The first-order valence-electron chi connectivity index (χ1n) is 6.33. The average molecular weight is 304 g/mol. The van der Waals surface area contributed by atoms with Crippen LogP contribution >= 0.6 is 0 Å². The smallest absolute Gasteiger partial charge is 0.335 e. The third-order valence-corrected chi connectivity index (χ3v) is 3.14. The molecule has 0 aliphatic carbocycles. The van der Waals surface area contributed by atoms with Crippen molar-refractivity contribution in [1.82, 2.24) is 5.32 Å². The number of carbonyl (C=O) groups is 1. The monoisotopic (exact) mass is 304 g/mol. The molecule has 2 aromatic rings. The molecule has 22 heavy (non-hydrogen) atoms. The zero-order chi connectivity index (χ0) is 15.7. The van der Waals surface area contributed by atoms with Gasteiger partial charge in [0.15, 0.2) is 5.84 Å². The zero-order valence-electron chi connectivity index (χ0n) is 11.1. The molecule has 1 aliphatic rings. The van der Waals surface area contributed by atoms with Crippen LogP contribution in [0.2, 0.25) is 0 Å². The highest BCUT2D eigenvalue weighted by Gasteiger charge is 2.26. The van der Waals surface area contributed by atoms with Crippen LogP contribution in [0.3, 0.4) is 0 Å². The molecule has 7 heteroatoms. The first kappa shape index (κ1) is 14.0. The van der Waals surface area contributed by atoms with Gasteiger partial charge in [-0.15, -0.1) is 0 Å². The van der Waals surface area contributed by atoms with E-state index in [0.29, 0.717) is 5.56 Å². The molecule has 0 bridgehead atoms. The summed E-state index contributed by atoms with van der Waals surface area (Å²) in [4.78, 5) is 16.0. The molecule has 0 radical (unpaired) electrons. The highest BCUT2D eigenvalue weighted by molar-refractivity contribution is 6.01. The van der Waals surface area contributed by atoms with Gasteiger partial charge in [-0.1, -0.05) is 17.3 Å². The Kier molecular flexibility index (Phi) is 3.46. The van der Waals surface area contributed by atoms with Crippen molar-refractivity contribution in [2.24, 2.45) is 5.16 Å². The van der Waals surface area contributed by atoms with Gasteiger partial charge in [0, 0.05) is 5.56 Å². The number of hydrogen-bond donors (Lipinski definition) is 2. The van der Waals surface area contributed by atoms with Crippen LogP contribution in [0.1, 0.15) is 27.7 Å². The molecular weight excluding hydrogens is 294 g/mol. The Morgan fingerprint density at radius 2 is 2.05 bits per heavy atom.